The number of nitrogens with one attached hydrogen (secondary N) is 1. The first-order chi connectivity index (χ1) is 10.1. The quantitative estimate of drug-likeness (QED) is 0.835. The van der Waals surface area contributed by atoms with Gasteiger partial charge in [0, 0.05) is 29.1 Å². The lowest BCUT2D eigenvalue weighted by atomic mass is 10.0. The third-order valence-corrected chi connectivity index (χ3v) is 4.14. The average Bonchev–Trinajstić information content (AvgIpc) is 2.84. The first kappa shape index (κ1) is 16.0. The summed E-state index contributed by atoms with van der Waals surface area (Å²) in [6.07, 6.45) is 1.07. The number of para-hydroxylation sites is 1. The summed E-state index contributed by atoms with van der Waals surface area (Å²) in [6.45, 7) is 9.21. The number of ether oxygens (including phenoxy) is 1. The third kappa shape index (κ3) is 4.55. The SMILES string of the molecule is CCNC(Cc1nc(C)cs1)c1ccccc1OC(C)C. The fraction of sp³-hybridized carbons (Fsp3) is 0.471. The number of rotatable bonds is 7. The molecule has 0 fully saturated rings. The highest BCUT2D eigenvalue weighted by Gasteiger charge is 2.17. The van der Waals surface area contributed by atoms with Gasteiger partial charge < -0.3 is 10.1 Å². The summed E-state index contributed by atoms with van der Waals surface area (Å²) in [4.78, 5) is 4.59. The number of hydrogen-bond donors (Lipinski definition) is 1. The van der Waals surface area contributed by atoms with E-state index in [1.807, 2.05) is 19.1 Å². The lowest BCUT2D eigenvalue weighted by Gasteiger charge is -2.22. The fourth-order valence-electron chi connectivity index (χ4n) is 2.34. The minimum atomic E-state index is 0.176. The molecule has 0 saturated heterocycles. The standard InChI is InChI=1S/C17H24N2OS/c1-5-18-15(10-17-19-13(4)11-21-17)14-8-6-7-9-16(14)20-12(2)3/h6-9,11-12,15,18H,5,10H2,1-4H3. The van der Waals surface area contributed by atoms with Crippen molar-refractivity contribution in [1.82, 2.24) is 10.3 Å². The molecule has 0 aliphatic rings. The minimum Gasteiger partial charge on any atom is -0.491 e. The molecule has 114 valence electrons. The molecule has 0 aliphatic carbocycles. The number of aryl methyl sites for hydroxylation is 1. The predicted molar refractivity (Wildman–Crippen MR) is 89.2 cm³/mol. The van der Waals surface area contributed by atoms with Gasteiger partial charge in [-0.15, -0.1) is 11.3 Å². The van der Waals surface area contributed by atoms with Crippen molar-refractivity contribution in [2.75, 3.05) is 6.54 Å². The topological polar surface area (TPSA) is 34.2 Å². The van der Waals surface area contributed by atoms with Crippen molar-refractivity contribution in [1.29, 1.82) is 0 Å². The minimum absolute atomic E-state index is 0.176. The van der Waals surface area contributed by atoms with Crippen molar-refractivity contribution in [3.05, 3.63) is 45.9 Å². The average molecular weight is 304 g/mol. The van der Waals surface area contributed by atoms with Crippen LogP contribution in [0.5, 0.6) is 5.75 Å². The molecular formula is C17H24N2OS. The summed E-state index contributed by atoms with van der Waals surface area (Å²) in [7, 11) is 0. The Morgan fingerprint density at radius 1 is 1.29 bits per heavy atom. The zero-order valence-electron chi connectivity index (χ0n) is 13.2. The summed E-state index contributed by atoms with van der Waals surface area (Å²) in [5.74, 6) is 0.965. The Hall–Kier alpha value is -1.39. The van der Waals surface area contributed by atoms with Crippen LogP contribution in [0.25, 0.3) is 0 Å². The van der Waals surface area contributed by atoms with E-state index in [1.54, 1.807) is 11.3 Å². The third-order valence-electron chi connectivity index (χ3n) is 3.15. The molecule has 0 aliphatic heterocycles. The van der Waals surface area contributed by atoms with Crippen molar-refractivity contribution in [3.63, 3.8) is 0 Å². The lowest BCUT2D eigenvalue weighted by Crippen LogP contribution is -2.24. The van der Waals surface area contributed by atoms with E-state index in [0.29, 0.717) is 0 Å². The van der Waals surface area contributed by atoms with Crippen molar-refractivity contribution < 1.29 is 4.74 Å². The Labute approximate surface area is 131 Å². The van der Waals surface area contributed by atoms with Gasteiger partial charge in [0.1, 0.15) is 5.75 Å². The molecule has 2 aromatic rings. The normalized spacial score (nSPS) is 12.6. The summed E-state index contributed by atoms with van der Waals surface area (Å²) in [5.41, 5.74) is 2.30. The van der Waals surface area contributed by atoms with Crippen LogP contribution in [0.15, 0.2) is 29.6 Å². The van der Waals surface area contributed by atoms with Crippen LogP contribution in [-0.4, -0.2) is 17.6 Å². The molecule has 2 rings (SSSR count). The predicted octanol–water partition coefficient (Wildman–Crippen LogP) is 4.13. The van der Waals surface area contributed by atoms with E-state index in [9.17, 15) is 0 Å². The number of nitrogens with zero attached hydrogens (tertiary/aromatic N) is 1. The van der Waals surface area contributed by atoms with Gasteiger partial charge in [-0.2, -0.15) is 0 Å². The van der Waals surface area contributed by atoms with Crippen LogP contribution in [0.3, 0.4) is 0 Å². The van der Waals surface area contributed by atoms with Crippen LogP contribution in [0.4, 0.5) is 0 Å². The van der Waals surface area contributed by atoms with Gasteiger partial charge in [0.25, 0.3) is 0 Å². The van der Waals surface area contributed by atoms with E-state index < -0.39 is 0 Å². The van der Waals surface area contributed by atoms with Gasteiger partial charge in [-0.1, -0.05) is 25.1 Å². The molecule has 1 atom stereocenters. The van der Waals surface area contributed by atoms with Crippen molar-refractivity contribution in [3.8, 4) is 5.75 Å². The van der Waals surface area contributed by atoms with Crippen molar-refractivity contribution in [2.24, 2.45) is 0 Å². The van der Waals surface area contributed by atoms with Gasteiger partial charge in [0.15, 0.2) is 0 Å². The molecule has 3 nitrogen and oxygen atoms in total. The maximum absolute atomic E-state index is 5.96. The van der Waals surface area contributed by atoms with Crippen LogP contribution in [0.1, 0.15) is 43.1 Å². The Kier molecular flexibility index (Phi) is 5.76. The molecule has 1 aromatic heterocycles. The second-order valence-corrected chi connectivity index (χ2v) is 6.34. The number of thiazole rings is 1. The molecule has 0 spiro atoms. The molecule has 1 unspecified atom stereocenters. The lowest BCUT2D eigenvalue weighted by molar-refractivity contribution is 0.237. The zero-order chi connectivity index (χ0) is 15.2. The van der Waals surface area contributed by atoms with Gasteiger partial charge >= 0.3 is 0 Å². The highest BCUT2D eigenvalue weighted by molar-refractivity contribution is 7.09. The van der Waals surface area contributed by atoms with Gasteiger partial charge in [-0.05, 0) is 33.4 Å². The van der Waals surface area contributed by atoms with E-state index >= 15 is 0 Å². The molecule has 21 heavy (non-hydrogen) atoms. The molecular weight excluding hydrogens is 280 g/mol. The summed E-state index contributed by atoms with van der Waals surface area (Å²) < 4.78 is 5.96. The molecule has 1 heterocycles. The Morgan fingerprint density at radius 2 is 2.05 bits per heavy atom. The number of hydrogen-bond acceptors (Lipinski definition) is 4. The Morgan fingerprint density at radius 3 is 2.67 bits per heavy atom. The second kappa shape index (κ2) is 7.57. The molecule has 1 N–H and O–H groups in total. The van der Waals surface area contributed by atoms with Gasteiger partial charge in [-0.3, -0.25) is 0 Å². The Bertz CT molecular complexity index is 565. The van der Waals surface area contributed by atoms with Gasteiger partial charge in [0.05, 0.1) is 11.1 Å². The number of likely N-dealkylation sites (N-methyl/N-ethyl adjacent to an activating group) is 1. The number of benzene rings is 1. The van der Waals surface area contributed by atoms with Crippen LogP contribution < -0.4 is 10.1 Å². The van der Waals surface area contributed by atoms with Gasteiger partial charge in [0.2, 0.25) is 0 Å². The molecule has 0 amide bonds. The first-order valence-electron chi connectivity index (χ1n) is 7.50. The van der Waals surface area contributed by atoms with Crippen LogP contribution in [0.2, 0.25) is 0 Å². The summed E-state index contributed by atoms with van der Waals surface area (Å²) in [6, 6.07) is 8.52. The fourth-order valence-corrected chi connectivity index (χ4v) is 3.16. The molecule has 0 bridgehead atoms. The molecule has 0 saturated carbocycles. The largest absolute Gasteiger partial charge is 0.491 e. The van der Waals surface area contributed by atoms with Gasteiger partial charge in [-0.25, -0.2) is 4.98 Å². The Balaban J connectivity index is 2.24. The van der Waals surface area contributed by atoms with Crippen molar-refractivity contribution in [2.45, 2.75) is 46.3 Å². The molecule has 0 radical (unpaired) electrons. The summed E-state index contributed by atoms with van der Waals surface area (Å²) in [5, 5.41) is 6.83. The highest BCUT2D eigenvalue weighted by atomic mass is 32.1. The van der Waals surface area contributed by atoms with E-state index in [0.717, 1.165) is 29.4 Å². The van der Waals surface area contributed by atoms with Crippen LogP contribution in [-0.2, 0) is 6.42 Å². The van der Waals surface area contributed by atoms with Crippen LogP contribution >= 0.6 is 11.3 Å². The molecule has 4 heteroatoms. The zero-order valence-corrected chi connectivity index (χ0v) is 14.0. The van der Waals surface area contributed by atoms with E-state index in [-0.39, 0.29) is 12.1 Å². The summed E-state index contributed by atoms with van der Waals surface area (Å²) >= 11 is 1.73. The maximum Gasteiger partial charge on any atom is 0.124 e. The van der Waals surface area contributed by atoms with E-state index in [4.69, 9.17) is 4.74 Å². The highest BCUT2D eigenvalue weighted by Crippen LogP contribution is 2.29. The second-order valence-electron chi connectivity index (χ2n) is 5.40. The van der Waals surface area contributed by atoms with Crippen molar-refractivity contribution >= 4 is 11.3 Å². The van der Waals surface area contributed by atoms with E-state index in [1.165, 1.54) is 5.56 Å². The maximum atomic E-state index is 5.96. The monoisotopic (exact) mass is 304 g/mol. The smallest absolute Gasteiger partial charge is 0.124 e. The van der Waals surface area contributed by atoms with E-state index in [2.05, 4.69) is 48.6 Å². The molecule has 1 aromatic carbocycles. The van der Waals surface area contributed by atoms with Crippen LogP contribution in [0, 0.1) is 6.92 Å². The number of aromatic nitrogens is 1. The first-order valence-corrected chi connectivity index (χ1v) is 8.38.